The summed E-state index contributed by atoms with van der Waals surface area (Å²) in [7, 11) is 2.40. The zero-order chi connectivity index (χ0) is 17.7. The molecule has 3 unspecified atom stereocenters. The van der Waals surface area contributed by atoms with Crippen LogP contribution in [0.4, 0.5) is 0 Å². The van der Waals surface area contributed by atoms with Crippen LogP contribution in [0.15, 0.2) is 54.6 Å². The molecule has 142 valence electrons. The van der Waals surface area contributed by atoms with E-state index in [1.165, 1.54) is 49.0 Å². The van der Waals surface area contributed by atoms with Crippen molar-refractivity contribution in [1.29, 1.82) is 0 Å². The van der Waals surface area contributed by atoms with Crippen molar-refractivity contribution in [2.75, 3.05) is 26.7 Å². The third-order valence-electron chi connectivity index (χ3n) is 6.00. The lowest BCUT2D eigenvalue weighted by Gasteiger charge is -2.44. The van der Waals surface area contributed by atoms with Crippen molar-refractivity contribution in [1.82, 2.24) is 0 Å². The second-order valence-corrected chi connectivity index (χ2v) is 7.70. The van der Waals surface area contributed by atoms with E-state index >= 15 is 0 Å². The summed E-state index contributed by atoms with van der Waals surface area (Å²) in [5, 5.41) is 0. The van der Waals surface area contributed by atoms with E-state index < -0.39 is 0 Å². The van der Waals surface area contributed by atoms with Crippen LogP contribution in [0.5, 0.6) is 0 Å². The minimum atomic E-state index is 0. The number of hydrogen-bond acceptors (Lipinski definition) is 1. The zero-order valence-corrected chi connectivity index (χ0v) is 18.5. The molecule has 0 bridgehead atoms. The summed E-state index contributed by atoms with van der Waals surface area (Å²) < 4.78 is 7.72. The Morgan fingerprint density at radius 1 is 1.00 bits per heavy atom. The molecule has 0 radical (unpaired) electrons. The van der Waals surface area contributed by atoms with E-state index in [1.54, 1.807) is 0 Å². The Morgan fingerprint density at radius 2 is 1.65 bits per heavy atom. The van der Waals surface area contributed by atoms with Crippen LogP contribution < -0.4 is 24.0 Å². The second-order valence-electron chi connectivity index (χ2n) is 7.70. The Bertz CT molecular complexity index is 658. The lowest BCUT2D eigenvalue weighted by molar-refractivity contribution is -0.937. The highest BCUT2D eigenvalue weighted by Gasteiger charge is 2.34. The quantitative estimate of drug-likeness (QED) is 0.469. The first-order chi connectivity index (χ1) is 12.1. The van der Waals surface area contributed by atoms with E-state index in [-0.39, 0.29) is 30.1 Å². The normalized spacial score (nSPS) is 23.9. The molecular formula is C23H32INO. The third kappa shape index (κ3) is 5.08. The van der Waals surface area contributed by atoms with Crippen molar-refractivity contribution in [3.8, 4) is 0 Å². The highest BCUT2D eigenvalue weighted by atomic mass is 127. The van der Waals surface area contributed by atoms with Gasteiger partial charge in [-0.3, -0.25) is 0 Å². The number of nitrogens with zero attached hydrogens (tertiary/aromatic N) is 1. The number of likely N-dealkylation sites (tertiary alicyclic amines) is 1. The lowest BCUT2D eigenvalue weighted by atomic mass is 9.98. The topological polar surface area (TPSA) is 9.23 Å². The van der Waals surface area contributed by atoms with Crippen molar-refractivity contribution in [2.45, 2.75) is 45.3 Å². The number of quaternary nitrogens is 1. The summed E-state index contributed by atoms with van der Waals surface area (Å²) in [5.74, 6) is 0. The van der Waals surface area contributed by atoms with Crippen LogP contribution in [-0.4, -0.2) is 37.3 Å². The summed E-state index contributed by atoms with van der Waals surface area (Å²) in [4.78, 5) is 0. The predicted molar refractivity (Wildman–Crippen MR) is 105 cm³/mol. The summed E-state index contributed by atoms with van der Waals surface area (Å²) in [6.45, 7) is 7.75. The van der Waals surface area contributed by atoms with Crippen molar-refractivity contribution in [3.05, 3.63) is 71.3 Å². The first kappa shape index (κ1) is 21.4. The first-order valence-electron chi connectivity index (χ1n) is 9.70. The van der Waals surface area contributed by atoms with Crippen molar-refractivity contribution >= 4 is 0 Å². The van der Waals surface area contributed by atoms with Crippen LogP contribution in [0.1, 0.15) is 49.0 Å². The van der Waals surface area contributed by atoms with Crippen LogP contribution in [0.2, 0.25) is 0 Å². The molecule has 3 atom stereocenters. The predicted octanol–water partition coefficient (Wildman–Crippen LogP) is 2.12. The van der Waals surface area contributed by atoms with Gasteiger partial charge in [0.15, 0.2) is 0 Å². The number of likely N-dealkylation sites (N-methyl/N-ethyl adjacent to an activating group) is 1. The molecule has 0 aromatic heterocycles. The van der Waals surface area contributed by atoms with Crippen LogP contribution in [0.3, 0.4) is 0 Å². The molecule has 3 heteroatoms. The maximum absolute atomic E-state index is 6.58. The van der Waals surface area contributed by atoms with Gasteiger partial charge in [-0.25, -0.2) is 0 Å². The number of aryl methyl sites for hydroxylation is 1. The molecule has 26 heavy (non-hydrogen) atoms. The molecule has 0 saturated carbocycles. The van der Waals surface area contributed by atoms with E-state index in [2.05, 4.69) is 75.5 Å². The molecule has 2 aromatic rings. The van der Waals surface area contributed by atoms with Crippen molar-refractivity contribution < 1.29 is 33.2 Å². The highest BCUT2D eigenvalue weighted by molar-refractivity contribution is 5.31. The first-order valence-corrected chi connectivity index (χ1v) is 9.70. The van der Waals surface area contributed by atoms with Crippen molar-refractivity contribution in [2.24, 2.45) is 0 Å². The molecule has 1 saturated heterocycles. The van der Waals surface area contributed by atoms with Crippen LogP contribution >= 0.6 is 0 Å². The number of benzene rings is 2. The molecule has 0 spiro atoms. The Hall–Kier alpha value is -0.910. The maximum Gasteiger partial charge on any atom is 0.112 e. The minimum absolute atomic E-state index is 0. The van der Waals surface area contributed by atoms with Gasteiger partial charge in [-0.2, -0.15) is 0 Å². The molecule has 1 heterocycles. The van der Waals surface area contributed by atoms with Crippen LogP contribution in [0, 0.1) is 6.92 Å². The van der Waals surface area contributed by atoms with Gasteiger partial charge in [0.25, 0.3) is 0 Å². The number of piperidine rings is 1. The van der Waals surface area contributed by atoms with Gasteiger partial charge in [-0.05, 0) is 37.8 Å². The van der Waals surface area contributed by atoms with Gasteiger partial charge in [-0.1, -0.05) is 60.2 Å². The molecule has 1 fully saturated rings. The summed E-state index contributed by atoms with van der Waals surface area (Å²) in [6.07, 6.45) is 3.98. The summed E-state index contributed by atoms with van der Waals surface area (Å²) in [5.41, 5.74) is 3.78. The SMILES string of the molecule is CC[N+]1(C)CCCCC1COC(c1ccccc1)c1ccc(C)cc1.[I-]. The Morgan fingerprint density at radius 3 is 2.31 bits per heavy atom. The van der Waals surface area contributed by atoms with E-state index in [1.807, 2.05) is 0 Å². The van der Waals surface area contributed by atoms with Gasteiger partial charge in [-0.15, -0.1) is 0 Å². The average Bonchev–Trinajstić information content (AvgIpc) is 2.65. The molecule has 0 N–H and O–H groups in total. The van der Waals surface area contributed by atoms with Gasteiger partial charge < -0.3 is 33.2 Å². The summed E-state index contributed by atoms with van der Waals surface area (Å²) in [6, 6.07) is 20.0. The molecular weight excluding hydrogens is 433 g/mol. The zero-order valence-electron chi connectivity index (χ0n) is 16.3. The fourth-order valence-corrected chi connectivity index (χ4v) is 3.99. The lowest BCUT2D eigenvalue weighted by Crippen LogP contribution is -3.00. The largest absolute Gasteiger partial charge is 1.00 e. The monoisotopic (exact) mass is 465 g/mol. The fourth-order valence-electron chi connectivity index (χ4n) is 3.99. The van der Waals surface area contributed by atoms with Gasteiger partial charge in [0.1, 0.15) is 12.1 Å². The highest BCUT2D eigenvalue weighted by Crippen LogP contribution is 2.30. The third-order valence-corrected chi connectivity index (χ3v) is 6.00. The van der Waals surface area contributed by atoms with E-state index in [0.717, 1.165) is 11.1 Å². The van der Waals surface area contributed by atoms with Crippen LogP contribution in [-0.2, 0) is 4.74 Å². The number of rotatable bonds is 6. The minimum Gasteiger partial charge on any atom is -1.00 e. The standard InChI is InChI=1S/C23H32NO.HI/c1-4-24(3)17-9-8-12-22(24)18-25-23(20-10-6-5-7-11-20)21-15-13-19(2)14-16-21;/h5-7,10-11,13-16,22-23H,4,8-9,12,17-18H2,1-3H3;1H/q+1;/p-1. The Kier molecular flexibility index (Phi) is 8.11. The fraction of sp³-hybridized carbons (Fsp3) is 0.478. The second kappa shape index (κ2) is 9.86. The maximum atomic E-state index is 6.58. The van der Waals surface area contributed by atoms with Gasteiger partial charge in [0.05, 0.1) is 26.7 Å². The molecule has 1 aliphatic rings. The van der Waals surface area contributed by atoms with E-state index in [4.69, 9.17) is 4.74 Å². The number of halogens is 1. The number of hydrogen-bond donors (Lipinski definition) is 0. The molecule has 2 aromatic carbocycles. The Balaban J connectivity index is 0.00000243. The van der Waals surface area contributed by atoms with Crippen LogP contribution in [0.25, 0.3) is 0 Å². The molecule has 0 amide bonds. The van der Waals surface area contributed by atoms with E-state index in [9.17, 15) is 0 Å². The average molecular weight is 465 g/mol. The molecule has 2 nitrogen and oxygen atoms in total. The molecule has 1 aliphatic heterocycles. The molecule has 3 rings (SSSR count). The smallest absolute Gasteiger partial charge is 0.112 e. The Labute approximate surface area is 176 Å². The summed E-state index contributed by atoms with van der Waals surface area (Å²) >= 11 is 0. The van der Waals surface area contributed by atoms with Crippen molar-refractivity contribution in [3.63, 3.8) is 0 Å². The number of ether oxygens (including phenoxy) is 1. The van der Waals surface area contributed by atoms with Gasteiger partial charge in [0.2, 0.25) is 0 Å². The van der Waals surface area contributed by atoms with Gasteiger partial charge in [0, 0.05) is 6.42 Å². The van der Waals surface area contributed by atoms with E-state index in [0.29, 0.717) is 6.04 Å². The molecule has 0 aliphatic carbocycles. The van der Waals surface area contributed by atoms with Gasteiger partial charge >= 0.3 is 0 Å².